The second-order valence-corrected chi connectivity index (χ2v) is 4.43. The van der Waals surface area contributed by atoms with Crippen molar-refractivity contribution in [3.8, 4) is 17.6 Å². The lowest BCUT2D eigenvalue weighted by molar-refractivity contribution is 0.0996. The van der Waals surface area contributed by atoms with Crippen LogP contribution in [0, 0.1) is 17.1 Å². The number of carbonyl (C=O) groups excluding carboxylic acids is 1. The van der Waals surface area contributed by atoms with E-state index in [2.05, 4.69) is 0 Å². The van der Waals surface area contributed by atoms with E-state index in [0.29, 0.717) is 5.75 Å². The van der Waals surface area contributed by atoms with Crippen molar-refractivity contribution in [3.05, 3.63) is 58.9 Å². The van der Waals surface area contributed by atoms with Gasteiger partial charge in [0, 0.05) is 11.6 Å². The van der Waals surface area contributed by atoms with Gasteiger partial charge in [0.2, 0.25) is 0 Å². The van der Waals surface area contributed by atoms with Crippen molar-refractivity contribution in [1.29, 1.82) is 5.26 Å². The van der Waals surface area contributed by atoms with Crippen LogP contribution in [0.3, 0.4) is 0 Å². The highest BCUT2D eigenvalue weighted by molar-refractivity contribution is 5.95. The Labute approximate surface area is 126 Å². The molecule has 0 aromatic heterocycles. The average Bonchev–Trinajstić information content (AvgIpc) is 2.53. The molecule has 0 saturated carbocycles. The van der Waals surface area contributed by atoms with E-state index in [9.17, 15) is 9.18 Å². The number of primary amides is 1. The summed E-state index contributed by atoms with van der Waals surface area (Å²) >= 11 is 0. The molecule has 0 aliphatic carbocycles. The van der Waals surface area contributed by atoms with Crippen molar-refractivity contribution < 1.29 is 18.7 Å². The molecular weight excluding hydrogens is 287 g/mol. The maximum Gasteiger partial charge on any atom is 0.252 e. The van der Waals surface area contributed by atoms with Gasteiger partial charge in [-0.25, -0.2) is 4.39 Å². The van der Waals surface area contributed by atoms with E-state index in [1.807, 2.05) is 6.07 Å². The third kappa shape index (κ3) is 3.33. The lowest BCUT2D eigenvalue weighted by Crippen LogP contribution is -2.13. The fourth-order valence-corrected chi connectivity index (χ4v) is 1.84. The molecule has 2 aromatic rings. The SMILES string of the molecule is COc1ccc(C(N)=O)c(OCc2ccc(C#N)cc2F)c1. The summed E-state index contributed by atoms with van der Waals surface area (Å²) in [6, 6.07) is 10.5. The van der Waals surface area contributed by atoms with E-state index in [-0.39, 0.29) is 29.0 Å². The Morgan fingerprint density at radius 3 is 2.68 bits per heavy atom. The Morgan fingerprint density at radius 2 is 2.09 bits per heavy atom. The number of hydrogen-bond acceptors (Lipinski definition) is 4. The quantitative estimate of drug-likeness (QED) is 0.918. The molecule has 0 aliphatic rings. The molecule has 2 aromatic carbocycles. The summed E-state index contributed by atoms with van der Waals surface area (Å²) in [5, 5.41) is 8.70. The van der Waals surface area contributed by atoms with Crippen LogP contribution in [0.2, 0.25) is 0 Å². The van der Waals surface area contributed by atoms with Gasteiger partial charge in [0.25, 0.3) is 5.91 Å². The monoisotopic (exact) mass is 300 g/mol. The normalized spacial score (nSPS) is 9.86. The molecule has 0 unspecified atom stereocenters. The van der Waals surface area contributed by atoms with Crippen LogP contribution in [0.4, 0.5) is 4.39 Å². The van der Waals surface area contributed by atoms with Gasteiger partial charge in [-0.05, 0) is 24.3 Å². The van der Waals surface area contributed by atoms with Crippen molar-refractivity contribution in [2.45, 2.75) is 6.61 Å². The van der Waals surface area contributed by atoms with Gasteiger partial charge >= 0.3 is 0 Å². The first kappa shape index (κ1) is 15.3. The summed E-state index contributed by atoms with van der Waals surface area (Å²) < 4.78 is 24.3. The first-order chi connectivity index (χ1) is 10.5. The van der Waals surface area contributed by atoms with E-state index in [0.717, 1.165) is 6.07 Å². The van der Waals surface area contributed by atoms with Crippen molar-refractivity contribution in [2.75, 3.05) is 7.11 Å². The van der Waals surface area contributed by atoms with E-state index in [4.69, 9.17) is 20.5 Å². The smallest absolute Gasteiger partial charge is 0.252 e. The van der Waals surface area contributed by atoms with E-state index in [1.54, 1.807) is 6.07 Å². The largest absolute Gasteiger partial charge is 0.497 e. The number of nitrogens with two attached hydrogens (primary N) is 1. The van der Waals surface area contributed by atoms with Gasteiger partial charge in [-0.1, -0.05) is 6.07 Å². The Hall–Kier alpha value is -3.07. The number of nitriles is 1. The minimum atomic E-state index is -0.655. The zero-order valence-electron chi connectivity index (χ0n) is 11.8. The fourth-order valence-electron chi connectivity index (χ4n) is 1.84. The number of methoxy groups -OCH3 is 1. The Bertz CT molecular complexity index is 754. The molecule has 22 heavy (non-hydrogen) atoms. The van der Waals surface area contributed by atoms with Crippen LogP contribution >= 0.6 is 0 Å². The van der Waals surface area contributed by atoms with Crippen LogP contribution in [-0.2, 0) is 6.61 Å². The topological polar surface area (TPSA) is 85.3 Å². The van der Waals surface area contributed by atoms with Gasteiger partial charge < -0.3 is 15.2 Å². The number of rotatable bonds is 5. The molecule has 0 atom stereocenters. The van der Waals surface area contributed by atoms with Crippen molar-refractivity contribution in [2.24, 2.45) is 5.73 Å². The van der Waals surface area contributed by atoms with Crippen LogP contribution in [0.1, 0.15) is 21.5 Å². The number of halogens is 1. The summed E-state index contributed by atoms with van der Waals surface area (Å²) in [6.45, 7) is -0.106. The minimum Gasteiger partial charge on any atom is -0.497 e. The van der Waals surface area contributed by atoms with Gasteiger partial charge in [0.1, 0.15) is 23.9 Å². The van der Waals surface area contributed by atoms with E-state index < -0.39 is 11.7 Å². The first-order valence-corrected chi connectivity index (χ1v) is 6.34. The summed E-state index contributed by atoms with van der Waals surface area (Å²) in [4.78, 5) is 11.4. The van der Waals surface area contributed by atoms with Gasteiger partial charge in [-0.2, -0.15) is 5.26 Å². The first-order valence-electron chi connectivity index (χ1n) is 6.34. The Balaban J connectivity index is 2.24. The molecule has 0 aliphatic heterocycles. The molecular formula is C16H13FN2O3. The number of amides is 1. The lowest BCUT2D eigenvalue weighted by atomic mass is 10.1. The number of nitrogens with zero attached hydrogens (tertiary/aromatic N) is 1. The Morgan fingerprint density at radius 1 is 1.32 bits per heavy atom. The number of ether oxygens (including phenoxy) is 2. The maximum atomic E-state index is 13.8. The third-order valence-corrected chi connectivity index (χ3v) is 3.02. The molecule has 0 spiro atoms. The minimum absolute atomic E-state index is 0.106. The van der Waals surface area contributed by atoms with Crippen LogP contribution in [0.25, 0.3) is 0 Å². The van der Waals surface area contributed by atoms with Crippen molar-refractivity contribution in [1.82, 2.24) is 0 Å². The highest BCUT2D eigenvalue weighted by Gasteiger charge is 2.12. The van der Waals surface area contributed by atoms with Crippen LogP contribution in [0.15, 0.2) is 36.4 Å². The molecule has 2 N–H and O–H groups in total. The fraction of sp³-hybridized carbons (Fsp3) is 0.125. The summed E-state index contributed by atoms with van der Waals surface area (Å²) in [7, 11) is 1.48. The predicted molar refractivity (Wildman–Crippen MR) is 77.0 cm³/mol. The second-order valence-electron chi connectivity index (χ2n) is 4.43. The van der Waals surface area contributed by atoms with Gasteiger partial charge in [-0.15, -0.1) is 0 Å². The molecule has 112 valence electrons. The summed E-state index contributed by atoms with van der Waals surface area (Å²) in [5.41, 5.74) is 5.93. The molecule has 0 fully saturated rings. The average molecular weight is 300 g/mol. The molecule has 2 rings (SSSR count). The van der Waals surface area contributed by atoms with Gasteiger partial charge in [-0.3, -0.25) is 4.79 Å². The molecule has 1 amide bonds. The molecule has 6 heteroatoms. The number of carbonyl (C=O) groups is 1. The lowest BCUT2D eigenvalue weighted by Gasteiger charge is -2.11. The van der Waals surface area contributed by atoms with E-state index in [1.165, 1.54) is 31.4 Å². The third-order valence-electron chi connectivity index (χ3n) is 3.02. The summed E-state index contributed by atoms with van der Waals surface area (Å²) in [5.74, 6) is -0.517. The molecule has 0 bridgehead atoms. The van der Waals surface area contributed by atoms with Crippen LogP contribution in [0.5, 0.6) is 11.5 Å². The molecule has 0 radical (unpaired) electrons. The maximum absolute atomic E-state index is 13.8. The molecule has 0 heterocycles. The highest BCUT2D eigenvalue weighted by atomic mass is 19.1. The van der Waals surface area contributed by atoms with Crippen molar-refractivity contribution >= 4 is 5.91 Å². The molecule has 5 nitrogen and oxygen atoms in total. The highest BCUT2D eigenvalue weighted by Crippen LogP contribution is 2.25. The zero-order chi connectivity index (χ0) is 16.1. The standard InChI is InChI=1S/C16H13FN2O3/c1-21-12-4-5-13(16(19)20)15(7-12)22-9-11-3-2-10(8-18)6-14(11)17/h2-7H,9H2,1H3,(H2,19,20). The second kappa shape index (κ2) is 6.59. The summed E-state index contributed by atoms with van der Waals surface area (Å²) in [6.07, 6.45) is 0. The van der Waals surface area contributed by atoms with Gasteiger partial charge in [0.05, 0.1) is 24.3 Å². The van der Waals surface area contributed by atoms with Crippen LogP contribution < -0.4 is 15.2 Å². The van der Waals surface area contributed by atoms with Crippen molar-refractivity contribution in [3.63, 3.8) is 0 Å². The Kier molecular flexibility index (Phi) is 4.59. The number of hydrogen-bond donors (Lipinski definition) is 1. The van der Waals surface area contributed by atoms with Gasteiger partial charge in [0.15, 0.2) is 0 Å². The van der Waals surface area contributed by atoms with Crippen LogP contribution in [-0.4, -0.2) is 13.0 Å². The molecule has 0 saturated heterocycles. The number of benzene rings is 2. The zero-order valence-corrected chi connectivity index (χ0v) is 11.8. The van der Waals surface area contributed by atoms with E-state index >= 15 is 0 Å². The predicted octanol–water partition coefficient (Wildman–Crippen LogP) is 2.38.